The van der Waals surface area contributed by atoms with E-state index in [1.165, 1.54) is 12.1 Å². The van der Waals surface area contributed by atoms with Gasteiger partial charge in [-0.3, -0.25) is 4.79 Å². The molecule has 0 atom stereocenters. The molecule has 26 heavy (non-hydrogen) atoms. The molecule has 0 spiro atoms. The van der Waals surface area contributed by atoms with Gasteiger partial charge in [-0.05, 0) is 36.4 Å². The van der Waals surface area contributed by atoms with Crippen molar-refractivity contribution in [2.24, 2.45) is 5.41 Å². The molecule has 1 aromatic heterocycles. The molecule has 0 radical (unpaired) electrons. The lowest BCUT2D eigenvalue weighted by atomic mass is 9.95. The van der Waals surface area contributed by atoms with Crippen LogP contribution >= 0.6 is 0 Å². The molecule has 0 saturated carbocycles. The Bertz CT molecular complexity index is 893. The van der Waals surface area contributed by atoms with Crippen LogP contribution in [-0.2, 0) is 11.3 Å². The monoisotopic (exact) mass is 351 g/mol. The first-order valence-electron chi connectivity index (χ1n) is 8.53. The molecule has 1 heterocycles. The lowest BCUT2D eigenvalue weighted by Gasteiger charge is -2.17. The van der Waals surface area contributed by atoms with Crippen LogP contribution in [0.15, 0.2) is 60.8 Å². The highest BCUT2D eigenvalue weighted by Gasteiger charge is 2.21. The number of para-hydroxylation sites is 1. The average Bonchev–Trinajstić information content (AvgIpc) is 3.04. The van der Waals surface area contributed by atoms with Crippen LogP contribution in [0.25, 0.3) is 16.9 Å². The second-order valence-electron chi connectivity index (χ2n) is 7.22. The highest BCUT2D eigenvalue weighted by molar-refractivity contribution is 5.81. The summed E-state index contributed by atoms with van der Waals surface area (Å²) < 4.78 is 15.1. The molecular formula is C21H22FN3O. The number of hydrogen-bond acceptors (Lipinski definition) is 2. The number of benzene rings is 2. The number of carbonyl (C=O) groups is 1. The molecular weight excluding hydrogens is 329 g/mol. The highest BCUT2D eigenvalue weighted by atomic mass is 19.1. The van der Waals surface area contributed by atoms with Crippen molar-refractivity contribution in [2.75, 3.05) is 0 Å². The Labute approximate surface area is 152 Å². The number of amides is 1. The number of hydrogen-bond donors (Lipinski definition) is 1. The van der Waals surface area contributed by atoms with Crippen molar-refractivity contribution >= 4 is 5.91 Å². The summed E-state index contributed by atoms with van der Waals surface area (Å²) in [5.41, 5.74) is 2.86. The van der Waals surface area contributed by atoms with E-state index in [2.05, 4.69) is 10.4 Å². The van der Waals surface area contributed by atoms with Crippen LogP contribution in [0.3, 0.4) is 0 Å². The topological polar surface area (TPSA) is 46.9 Å². The predicted octanol–water partition coefficient (Wildman–Crippen LogP) is 4.34. The molecule has 4 nitrogen and oxygen atoms in total. The van der Waals surface area contributed by atoms with Gasteiger partial charge in [0.2, 0.25) is 5.91 Å². The standard InChI is InChI=1S/C21H22FN3O/c1-21(2,3)20(26)23-13-16-14-25(18-7-5-4-6-8-18)24-19(16)15-9-11-17(22)12-10-15/h4-12,14H,13H2,1-3H3,(H,23,26). The first-order valence-corrected chi connectivity index (χ1v) is 8.53. The van der Waals surface area contributed by atoms with Crippen LogP contribution in [0.5, 0.6) is 0 Å². The molecule has 0 aliphatic heterocycles. The molecule has 0 bridgehead atoms. The third-order valence-corrected chi connectivity index (χ3v) is 4.05. The minimum absolute atomic E-state index is 0.0324. The predicted molar refractivity (Wildman–Crippen MR) is 100 cm³/mol. The Morgan fingerprint density at radius 2 is 1.73 bits per heavy atom. The van der Waals surface area contributed by atoms with Gasteiger partial charge in [0.25, 0.3) is 0 Å². The highest BCUT2D eigenvalue weighted by Crippen LogP contribution is 2.24. The molecule has 1 amide bonds. The maximum atomic E-state index is 13.3. The van der Waals surface area contributed by atoms with E-state index in [1.807, 2.05) is 57.3 Å². The van der Waals surface area contributed by atoms with Crippen molar-refractivity contribution in [3.8, 4) is 16.9 Å². The Hall–Kier alpha value is -2.95. The maximum absolute atomic E-state index is 13.3. The van der Waals surface area contributed by atoms with Gasteiger partial charge in [0, 0.05) is 29.3 Å². The van der Waals surface area contributed by atoms with Crippen molar-refractivity contribution in [1.29, 1.82) is 0 Å². The van der Waals surface area contributed by atoms with Gasteiger partial charge in [-0.1, -0.05) is 39.0 Å². The molecule has 2 aromatic carbocycles. The fourth-order valence-corrected chi connectivity index (χ4v) is 2.54. The summed E-state index contributed by atoms with van der Waals surface area (Å²) in [7, 11) is 0. The quantitative estimate of drug-likeness (QED) is 0.760. The molecule has 1 N–H and O–H groups in total. The summed E-state index contributed by atoms with van der Waals surface area (Å²) in [6, 6.07) is 16.0. The number of nitrogens with zero attached hydrogens (tertiary/aromatic N) is 2. The van der Waals surface area contributed by atoms with Crippen LogP contribution in [0.1, 0.15) is 26.3 Å². The number of halogens is 1. The zero-order valence-electron chi connectivity index (χ0n) is 15.2. The minimum atomic E-state index is -0.467. The van der Waals surface area contributed by atoms with E-state index in [-0.39, 0.29) is 11.7 Å². The number of carbonyl (C=O) groups excluding carboxylic acids is 1. The Morgan fingerprint density at radius 3 is 2.35 bits per heavy atom. The molecule has 0 saturated heterocycles. The number of aromatic nitrogens is 2. The molecule has 0 aliphatic carbocycles. The summed E-state index contributed by atoms with van der Waals surface area (Å²) in [5.74, 6) is -0.325. The lowest BCUT2D eigenvalue weighted by Crippen LogP contribution is -2.34. The van der Waals surface area contributed by atoms with Crippen LogP contribution in [0.4, 0.5) is 4.39 Å². The smallest absolute Gasteiger partial charge is 0.225 e. The third-order valence-electron chi connectivity index (χ3n) is 4.05. The van der Waals surface area contributed by atoms with E-state index in [0.717, 1.165) is 22.5 Å². The van der Waals surface area contributed by atoms with E-state index in [0.29, 0.717) is 6.54 Å². The van der Waals surface area contributed by atoms with E-state index in [9.17, 15) is 9.18 Å². The van der Waals surface area contributed by atoms with Gasteiger partial charge in [0.1, 0.15) is 5.82 Å². The van der Waals surface area contributed by atoms with Crippen LogP contribution in [-0.4, -0.2) is 15.7 Å². The maximum Gasteiger partial charge on any atom is 0.225 e. The molecule has 0 unspecified atom stereocenters. The SMILES string of the molecule is CC(C)(C)C(=O)NCc1cn(-c2ccccc2)nc1-c1ccc(F)cc1. The summed E-state index contributed by atoms with van der Waals surface area (Å²) in [5, 5.41) is 7.62. The molecule has 3 aromatic rings. The first-order chi connectivity index (χ1) is 12.3. The molecule has 0 fully saturated rings. The number of nitrogens with one attached hydrogen (secondary N) is 1. The fraction of sp³-hybridized carbons (Fsp3) is 0.238. The Balaban J connectivity index is 1.96. The average molecular weight is 351 g/mol. The van der Waals surface area contributed by atoms with Gasteiger partial charge < -0.3 is 5.32 Å². The largest absolute Gasteiger partial charge is 0.351 e. The van der Waals surface area contributed by atoms with Crippen molar-refractivity contribution < 1.29 is 9.18 Å². The van der Waals surface area contributed by atoms with E-state index >= 15 is 0 Å². The number of rotatable bonds is 4. The summed E-state index contributed by atoms with van der Waals surface area (Å²) in [6.07, 6.45) is 1.90. The van der Waals surface area contributed by atoms with E-state index in [4.69, 9.17) is 0 Å². The van der Waals surface area contributed by atoms with Crippen molar-refractivity contribution in [2.45, 2.75) is 27.3 Å². The van der Waals surface area contributed by atoms with Gasteiger partial charge in [-0.25, -0.2) is 9.07 Å². The fourth-order valence-electron chi connectivity index (χ4n) is 2.54. The van der Waals surface area contributed by atoms with Crippen LogP contribution in [0.2, 0.25) is 0 Å². The molecule has 0 aliphatic rings. The van der Waals surface area contributed by atoms with Gasteiger partial charge in [-0.2, -0.15) is 5.10 Å². The van der Waals surface area contributed by atoms with Crippen molar-refractivity contribution in [3.63, 3.8) is 0 Å². The van der Waals surface area contributed by atoms with Gasteiger partial charge in [-0.15, -0.1) is 0 Å². The first kappa shape index (κ1) is 17.9. The van der Waals surface area contributed by atoms with Gasteiger partial charge in [0.05, 0.1) is 11.4 Å². The van der Waals surface area contributed by atoms with E-state index < -0.39 is 5.41 Å². The third kappa shape index (κ3) is 3.99. The normalized spacial score (nSPS) is 11.4. The van der Waals surface area contributed by atoms with Crippen LogP contribution in [0, 0.1) is 11.2 Å². The van der Waals surface area contributed by atoms with Gasteiger partial charge >= 0.3 is 0 Å². The zero-order chi connectivity index (χ0) is 18.7. The Kier molecular flexibility index (Phi) is 4.89. The summed E-state index contributed by atoms with van der Waals surface area (Å²) in [4.78, 5) is 12.2. The summed E-state index contributed by atoms with van der Waals surface area (Å²) >= 11 is 0. The Morgan fingerprint density at radius 1 is 1.08 bits per heavy atom. The molecule has 134 valence electrons. The summed E-state index contributed by atoms with van der Waals surface area (Å²) in [6.45, 7) is 5.97. The van der Waals surface area contributed by atoms with E-state index in [1.54, 1.807) is 16.8 Å². The lowest BCUT2D eigenvalue weighted by molar-refractivity contribution is -0.128. The second kappa shape index (κ2) is 7.12. The van der Waals surface area contributed by atoms with Crippen molar-refractivity contribution in [1.82, 2.24) is 15.1 Å². The van der Waals surface area contributed by atoms with Crippen LogP contribution < -0.4 is 5.32 Å². The van der Waals surface area contributed by atoms with Crippen molar-refractivity contribution in [3.05, 3.63) is 72.2 Å². The van der Waals surface area contributed by atoms with Gasteiger partial charge in [0.15, 0.2) is 0 Å². The minimum Gasteiger partial charge on any atom is -0.351 e. The molecule has 3 rings (SSSR count). The molecule has 5 heteroatoms. The second-order valence-corrected chi connectivity index (χ2v) is 7.22. The zero-order valence-corrected chi connectivity index (χ0v) is 15.2.